The van der Waals surface area contributed by atoms with E-state index in [9.17, 15) is 0 Å². The zero-order valence-electron chi connectivity index (χ0n) is 10.3. The van der Waals surface area contributed by atoms with Gasteiger partial charge in [-0.15, -0.1) is 0 Å². The van der Waals surface area contributed by atoms with E-state index >= 15 is 0 Å². The Hall–Kier alpha value is -1.58. The molecule has 1 aromatic heterocycles. The molecule has 0 amide bonds. The summed E-state index contributed by atoms with van der Waals surface area (Å²) in [6.45, 7) is 3.23. The number of nitrogen functional groups attached to an aromatic ring is 1. The summed E-state index contributed by atoms with van der Waals surface area (Å²) in [5, 5.41) is 7.63. The Bertz CT molecular complexity index is 402. The van der Waals surface area contributed by atoms with Gasteiger partial charge in [0, 0.05) is 18.8 Å². The van der Waals surface area contributed by atoms with E-state index in [1.54, 1.807) is 6.20 Å². The number of piperidine rings is 1. The molecule has 4 nitrogen and oxygen atoms in total. The summed E-state index contributed by atoms with van der Waals surface area (Å²) >= 11 is 0. The van der Waals surface area contributed by atoms with Crippen LogP contribution in [-0.2, 0) is 0 Å². The lowest BCUT2D eigenvalue weighted by molar-refractivity contribution is 0.446. The molecule has 1 aliphatic heterocycles. The number of anilines is 1. The number of hydrogen-bond donors (Lipinski definition) is 2. The Morgan fingerprint density at radius 2 is 2.41 bits per heavy atom. The van der Waals surface area contributed by atoms with E-state index in [4.69, 9.17) is 11.1 Å². The van der Waals surface area contributed by atoms with Gasteiger partial charge >= 0.3 is 0 Å². The van der Waals surface area contributed by atoms with E-state index in [0.717, 1.165) is 24.3 Å². The van der Waals surface area contributed by atoms with Crippen molar-refractivity contribution in [3.8, 4) is 0 Å². The maximum atomic E-state index is 7.63. The third-order valence-electron chi connectivity index (χ3n) is 3.45. The molecule has 2 heterocycles. The molecule has 4 heteroatoms. The van der Waals surface area contributed by atoms with Gasteiger partial charge in [-0.1, -0.05) is 6.92 Å². The number of pyridine rings is 1. The van der Waals surface area contributed by atoms with E-state index in [-0.39, 0.29) is 5.84 Å². The molecule has 0 aromatic carbocycles. The fourth-order valence-electron chi connectivity index (χ4n) is 2.54. The average Bonchev–Trinajstić information content (AvgIpc) is 2.38. The van der Waals surface area contributed by atoms with Gasteiger partial charge in [-0.2, -0.15) is 0 Å². The van der Waals surface area contributed by atoms with Crippen LogP contribution in [0.1, 0.15) is 38.2 Å². The number of aromatic nitrogens is 1. The maximum Gasteiger partial charge on any atom is 0.139 e. The summed E-state index contributed by atoms with van der Waals surface area (Å²) in [5.41, 5.74) is 6.38. The standard InChI is InChI=1S/C13H20N4/c1-2-10-6-3-4-9-17(10)13-11(12(14)15)7-5-8-16-13/h5,7-8,10H,2-4,6,9H2,1H3,(H3,14,15). The highest BCUT2D eigenvalue weighted by Gasteiger charge is 2.24. The summed E-state index contributed by atoms with van der Waals surface area (Å²) in [7, 11) is 0. The molecule has 17 heavy (non-hydrogen) atoms. The molecule has 1 fully saturated rings. The van der Waals surface area contributed by atoms with E-state index in [0.29, 0.717) is 6.04 Å². The lowest BCUT2D eigenvalue weighted by atomic mass is 9.99. The molecule has 3 N–H and O–H groups in total. The van der Waals surface area contributed by atoms with Gasteiger partial charge in [-0.05, 0) is 37.8 Å². The second kappa shape index (κ2) is 5.17. The molecular formula is C13H20N4. The summed E-state index contributed by atoms with van der Waals surface area (Å²) in [4.78, 5) is 6.75. The van der Waals surface area contributed by atoms with Crippen LogP contribution in [0.2, 0.25) is 0 Å². The number of nitrogens with two attached hydrogens (primary N) is 1. The minimum Gasteiger partial charge on any atom is -0.384 e. The minimum atomic E-state index is 0.105. The van der Waals surface area contributed by atoms with Crippen LogP contribution >= 0.6 is 0 Å². The van der Waals surface area contributed by atoms with Crippen molar-refractivity contribution in [1.29, 1.82) is 5.41 Å². The van der Waals surface area contributed by atoms with E-state index in [1.165, 1.54) is 19.3 Å². The molecule has 1 atom stereocenters. The van der Waals surface area contributed by atoms with Gasteiger partial charge in [0.1, 0.15) is 11.7 Å². The highest BCUT2D eigenvalue weighted by Crippen LogP contribution is 2.27. The quantitative estimate of drug-likeness (QED) is 0.620. The zero-order valence-corrected chi connectivity index (χ0v) is 10.3. The van der Waals surface area contributed by atoms with Crippen molar-refractivity contribution >= 4 is 11.7 Å². The largest absolute Gasteiger partial charge is 0.384 e. The van der Waals surface area contributed by atoms with Gasteiger partial charge in [-0.3, -0.25) is 5.41 Å². The van der Waals surface area contributed by atoms with Crippen molar-refractivity contribution in [2.75, 3.05) is 11.4 Å². The second-order valence-electron chi connectivity index (χ2n) is 4.54. The third-order valence-corrected chi connectivity index (χ3v) is 3.45. The minimum absolute atomic E-state index is 0.105. The topological polar surface area (TPSA) is 66.0 Å². The van der Waals surface area contributed by atoms with Crippen molar-refractivity contribution in [2.45, 2.75) is 38.6 Å². The molecular weight excluding hydrogens is 212 g/mol. The first-order valence-electron chi connectivity index (χ1n) is 6.30. The van der Waals surface area contributed by atoms with Crippen LogP contribution in [0.25, 0.3) is 0 Å². The van der Waals surface area contributed by atoms with Gasteiger partial charge in [0.2, 0.25) is 0 Å². The molecule has 0 saturated carbocycles. The predicted molar refractivity (Wildman–Crippen MR) is 70.5 cm³/mol. The van der Waals surface area contributed by atoms with Crippen molar-refractivity contribution in [2.24, 2.45) is 5.73 Å². The lowest BCUT2D eigenvalue weighted by Gasteiger charge is -2.37. The Morgan fingerprint density at radius 1 is 1.59 bits per heavy atom. The van der Waals surface area contributed by atoms with Crippen molar-refractivity contribution in [3.05, 3.63) is 23.9 Å². The van der Waals surface area contributed by atoms with E-state index in [2.05, 4.69) is 16.8 Å². The molecule has 1 saturated heterocycles. The Labute approximate surface area is 102 Å². The monoisotopic (exact) mass is 232 g/mol. The molecule has 2 rings (SSSR count). The molecule has 1 aliphatic rings. The highest BCUT2D eigenvalue weighted by molar-refractivity contribution is 5.99. The molecule has 92 valence electrons. The van der Waals surface area contributed by atoms with Gasteiger partial charge in [0.05, 0.1) is 5.56 Å². The summed E-state index contributed by atoms with van der Waals surface area (Å²) in [6.07, 6.45) is 6.60. The Kier molecular flexibility index (Phi) is 3.61. The smallest absolute Gasteiger partial charge is 0.139 e. The average molecular weight is 232 g/mol. The first-order valence-corrected chi connectivity index (χ1v) is 6.30. The number of nitrogens with one attached hydrogen (secondary N) is 1. The van der Waals surface area contributed by atoms with Crippen molar-refractivity contribution < 1.29 is 0 Å². The number of hydrogen-bond acceptors (Lipinski definition) is 3. The second-order valence-corrected chi connectivity index (χ2v) is 4.54. The first-order chi connectivity index (χ1) is 8.24. The maximum absolute atomic E-state index is 7.63. The Morgan fingerprint density at radius 3 is 3.12 bits per heavy atom. The first kappa shape index (κ1) is 11.9. The molecule has 1 aromatic rings. The summed E-state index contributed by atoms with van der Waals surface area (Å²) < 4.78 is 0. The van der Waals surface area contributed by atoms with Crippen LogP contribution in [0.3, 0.4) is 0 Å². The fourth-order valence-corrected chi connectivity index (χ4v) is 2.54. The van der Waals surface area contributed by atoms with E-state index in [1.807, 2.05) is 12.1 Å². The lowest BCUT2D eigenvalue weighted by Crippen LogP contribution is -2.40. The third kappa shape index (κ3) is 2.40. The molecule has 0 aliphatic carbocycles. The van der Waals surface area contributed by atoms with Gasteiger partial charge in [0.15, 0.2) is 0 Å². The number of amidine groups is 1. The number of nitrogens with zero attached hydrogens (tertiary/aromatic N) is 2. The molecule has 0 spiro atoms. The van der Waals surface area contributed by atoms with Crippen LogP contribution < -0.4 is 10.6 Å². The van der Waals surface area contributed by atoms with Crippen LogP contribution in [-0.4, -0.2) is 23.4 Å². The van der Waals surface area contributed by atoms with Gasteiger partial charge < -0.3 is 10.6 Å². The number of rotatable bonds is 3. The van der Waals surface area contributed by atoms with E-state index < -0.39 is 0 Å². The summed E-state index contributed by atoms with van der Waals surface area (Å²) in [5.74, 6) is 0.986. The van der Waals surface area contributed by atoms with Gasteiger partial charge in [-0.25, -0.2) is 4.98 Å². The molecule has 0 radical (unpaired) electrons. The predicted octanol–water partition coefficient (Wildman–Crippen LogP) is 2.13. The van der Waals surface area contributed by atoms with Crippen LogP contribution in [0.5, 0.6) is 0 Å². The SMILES string of the molecule is CCC1CCCCN1c1ncccc1C(=N)N. The normalized spacial score (nSPS) is 20.3. The van der Waals surface area contributed by atoms with Gasteiger partial charge in [0.25, 0.3) is 0 Å². The van der Waals surface area contributed by atoms with Crippen molar-refractivity contribution in [3.63, 3.8) is 0 Å². The molecule has 1 unspecified atom stereocenters. The van der Waals surface area contributed by atoms with Crippen LogP contribution in [0.4, 0.5) is 5.82 Å². The highest BCUT2D eigenvalue weighted by atomic mass is 15.2. The molecule has 0 bridgehead atoms. The van der Waals surface area contributed by atoms with Crippen molar-refractivity contribution in [1.82, 2.24) is 4.98 Å². The zero-order chi connectivity index (χ0) is 12.3. The summed E-state index contributed by atoms with van der Waals surface area (Å²) in [6, 6.07) is 4.26. The van der Waals surface area contributed by atoms with Crippen LogP contribution in [0.15, 0.2) is 18.3 Å². The fraction of sp³-hybridized carbons (Fsp3) is 0.538. The van der Waals surface area contributed by atoms with Crippen LogP contribution in [0, 0.1) is 5.41 Å². The Balaban J connectivity index is 2.34.